The van der Waals surface area contributed by atoms with Crippen LogP contribution in [0.15, 0.2) is 35.1 Å². The third kappa shape index (κ3) is 3.11. The lowest BCUT2D eigenvalue weighted by Gasteiger charge is -2.07. The van der Waals surface area contributed by atoms with Gasteiger partial charge in [-0.3, -0.25) is 4.79 Å². The molecule has 0 amide bonds. The lowest BCUT2D eigenvalue weighted by atomic mass is 10.1. The monoisotopic (exact) mass is 282 g/mol. The van der Waals surface area contributed by atoms with E-state index in [9.17, 15) is 18.0 Å². The van der Waals surface area contributed by atoms with E-state index in [2.05, 4.69) is 10.2 Å². The highest BCUT2D eigenvalue weighted by molar-refractivity contribution is 6.22. The van der Waals surface area contributed by atoms with Crippen LogP contribution in [-0.2, 0) is 11.0 Å². The number of hydrogen-bond donors (Lipinski definition) is 0. The second-order valence-corrected chi connectivity index (χ2v) is 3.98. The van der Waals surface area contributed by atoms with Crippen molar-refractivity contribution >= 4 is 17.4 Å². The topological polar surface area (TPSA) is 56.0 Å². The van der Waals surface area contributed by atoms with E-state index in [0.29, 0.717) is 0 Å². The van der Waals surface area contributed by atoms with Gasteiger partial charge in [0, 0.05) is 0 Å². The molecule has 0 unspecified atom stereocenters. The van der Waals surface area contributed by atoms with Gasteiger partial charge in [-0.1, -0.05) is 12.1 Å². The van der Waals surface area contributed by atoms with Gasteiger partial charge in [0.05, 0.1) is 11.1 Å². The molecule has 2 rings (SSSR count). The van der Waals surface area contributed by atoms with Gasteiger partial charge in [0.2, 0.25) is 6.39 Å². The van der Waals surface area contributed by atoms with Crippen LogP contribution < -0.4 is 0 Å². The summed E-state index contributed by atoms with van der Waals surface area (Å²) in [6, 6.07) is 4.62. The van der Waals surface area contributed by atoms with Crippen molar-refractivity contribution in [3.63, 3.8) is 0 Å². The van der Waals surface area contributed by atoms with E-state index in [1.54, 1.807) is 0 Å². The van der Waals surface area contributed by atoms with Crippen molar-refractivity contribution in [1.82, 2.24) is 10.2 Å². The molecule has 0 bridgehead atoms. The Kier molecular flexibility index (Phi) is 3.69. The van der Waals surface area contributed by atoms with Crippen molar-refractivity contribution in [2.45, 2.75) is 13.1 Å². The molecule has 1 aromatic heterocycles. The molecule has 0 atom stereocenters. The minimum absolute atomic E-state index is 0.0325. The van der Waals surface area contributed by atoms with E-state index in [-0.39, 0.29) is 22.8 Å². The van der Waals surface area contributed by atoms with E-state index in [4.69, 9.17) is 4.42 Å². The summed E-state index contributed by atoms with van der Waals surface area (Å²) in [6.45, 7) is 1.27. The molecular weight excluding hydrogens is 273 g/mol. The first-order valence-electron chi connectivity index (χ1n) is 5.54. The molecule has 1 heterocycles. The van der Waals surface area contributed by atoms with Crippen LogP contribution in [0.25, 0.3) is 11.6 Å². The number of Topliss-reactive ketones (excluding diaryl/α,β-unsaturated/α-hetero) is 1. The Hall–Kier alpha value is -2.44. The molecule has 20 heavy (non-hydrogen) atoms. The van der Waals surface area contributed by atoms with E-state index in [1.165, 1.54) is 25.1 Å². The van der Waals surface area contributed by atoms with Crippen LogP contribution in [0.1, 0.15) is 23.9 Å². The SMILES string of the molecule is CC(=O)/C(=C/c1cccc(C(F)(F)F)c1)c1nnco1. The molecule has 0 aliphatic rings. The molecular formula is C13H9F3N2O2. The van der Waals surface area contributed by atoms with Crippen LogP contribution in [0.5, 0.6) is 0 Å². The summed E-state index contributed by atoms with van der Waals surface area (Å²) in [4.78, 5) is 11.5. The fourth-order valence-corrected chi connectivity index (χ4v) is 1.58. The van der Waals surface area contributed by atoms with Gasteiger partial charge in [0.1, 0.15) is 0 Å². The summed E-state index contributed by atoms with van der Waals surface area (Å²) >= 11 is 0. The van der Waals surface area contributed by atoms with Crippen molar-refractivity contribution in [1.29, 1.82) is 0 Å². The van der Waals surface area contributed by atoms with E-state index < -0.39 is 11.7 Å². The van der Waals surface area contributed by atoms with Crippen LogP contribution in [0.4, 0.5) is 13.2 Å². The fourth-order valence-electron chi connectivity index (χ4n) is 1.58. The average Bonchev–Trinajstić information content (AvgIpc) is 2.88. The van der Waals surface area contributed by atoms with Gasteiger partial charge < -0.3 is 4.42 Å². The highest BCUT2D eigenvalue weighted by Gasteiger charge is 2.30. The zero-order valence-electron chi connectivity index (χ0n) is 10.3. The Labute approximate surface area is 111 Å². The number of aromatic nitrogens is 2. The van der Waals surface area contributed by atoms with E-state index in [0.717, 1.165) is 18.5 Å². The number of allylic oxidation sites excluding steroid dienone is 1. The maximum Gasteiger partial charge on any atom is 0.416 e. The molecule has 7 heteroatoms. The Balaban J connectivity index is 2.45. The van der Waals surface area contributed by atoms with Crippen LogP contribution in [0, 0.1) is 0 Å². The smallest absolute Gasteiger partial charge is 0.416 e. The number of carbonyl (C=O) groups excluding carboxylic acids is 1. The van der Waals surface area contributed by atoms with Gasteiger partial charge in [0.25, 0.3) is 5.89 Å². The number of rotatable bonds is 3. The summed E-state index contributed by atoms with van der Waals surface area (Å²) in [5.74, 6) is -0.415. The molecule has 0 spiro atoms. The largest absolute Gasteiger partial charge is 0.423 e. The molecule has 0 saturated heterocycles. The predicted octanol–water partition coefficient (Wildman–Crippen LogP) is 3.22. The molecule has 4 nitrogen and oxygen atoms in total. The van der Waals surface area contributed by atoms with Gasteiger partial charge in [-0.05, 0) is 30.7 Å². The minimum Gasteiger partial charge on any atom is -0.423 e. The second-order valence-electron chi connectivity index (χ2n) is 3.98. The van der Waals surface area contributed by atoms with Gasteiger partial charge in [-0.25, -0.2) is 0 Å². The van der Waals surface area contributed by atoms with E-state index >= 15 is 0 Å². The molecule has 0 N–H and O–H groups in total. The summed E-state index contributed by atoms with van der Waals surface area (Å²) < 4.78 is 42.7. The number of hydrogen-bond acceptors (Lipinski definition) is 4. The Bertz CT molecular complexity index is 646. The van der Waals surface area contributed by atoms with Crippen molar-refractivity contribution < 1.29 is 22.4 Å². The number of halogens is 3. The molecule has 0 saturated carbocycles. The maximum absolute atomic E-state index is 12.6. The third-order valence-electron chi connectivity index (χ3n) is 2.49. The Morgan fingerprint density at radius 3 is 2.65 bits per heavy atom. The number of ketones is 1. The van der Waals surface area contributed by atoms with Crippen molar-refractivity contribution in [3.8, 4) is 0 Å². The van der Waals surface area contributed by atoms with Crippen LogP contribution in [0.3, 0.4) is 0 Å². The highest BCUT2D eigenvalue weighted by Crippen LogP contribution is 2.30. The quantitative estimate of drug-likeness (QED) is 0.811. The van der Waals surface area contributed by atoms with Gasteiger partial charge in [-0.15, -0.1) is 10.2 Å². The van der Waals surface area contributed by atoms with Gasteiger partial charge >= 0.3 is 6.18 Å². The standard InChI is InChI=1S/C13H9F3N2O2/c1-8(19)11(12-18-17-7-20-12)6-9-3-2-4-10(5-9)13(14,15)16/h2-7H,1H3/b11-6-. The molecule has 0 aliphatic heterocycles. The molecule has 104 valence electrons. The predicted molar refractivity (Wildman–Crippen MR) is 64.3 cm³/mol. The summed E-state index contributed by atoms with van der Waals surface area (Å²) in [6.07, 6.45) is -2.12. The average molecular weight is 282 g/mol. The second kappa shape index (κ2) is 5.28. The lowest BCUT2D eigenvalue weighted by Crippen LogP contribution is -2.04. The fraction of sp³-hybridized carbons (Fsp3) is 0.154. The van der Waals surface area contributed by atoms with Crippen LogP contribution in [-0.4, -0.2) is 16.0 Å². The number of carbonyl (C=O) groups is 1. The van der Waals surface area contributed by atoms with Crippen molar-refractivity contribution in [2.75, 3.05) is 0 Å². The number of benzene rings is 1. The van der Waals surface area contributed by atoms with Crippen molar-refractivity contribution in [2.24, 2.45) is 0 Å². The van der Waals surface area contributed by atoms with Gasteiger partial charge in [-0.2, -0.15) is 13.2 Å². The zero-order chi connectivity index (χ0) is 14.8. The normalized spacial score (nSPS) is 12.5. The molecule has 0 fully saturated rings. The summed E-state index contributed by atoms with van der Waals surface area (Å²) in [5.41, 5.74) is -0.510. The van der Waals surface area contributed by atoms with Crippen LogP contribution >= 0.6 is 0 Å². The summed E-state index contributed by atoms with van der Waals surface area (Å²) in [5, 5.41) is 7.01. The summed E-state index contributed by atoms with van der Waals surface area (Å²) in [7, 11) is 0. The molecule has 2 aromatic rings. The van der Waals surface area contributed by atoms with E-state index in [1.807, 2.05) is 0 Å². The van der Waals surface area contributed by atoms with Gasteiger partial charge in [0.15, 0.2) is 5.78 Å². The highest BCUT2D eigenvalue weighted by atomic mass is 19.4. The first-order valence-corrected chi connectivity index (χ1v) is 5.54. The first kappa shape index (κ1) is 14.0. The molecule has 1 aromatic carbocycles. The van der Waals surface area contributed by atoms with Crippen molar-refractivity contribution in [3.05, 3.63) is 47.7 Å². The molecule has 0 radical (unpaired) electrons. The first-order chi connectivity index (χ1) is 9.38. The zero-order valence-corrected chi connectivity index (χ0v) is 10.3. The minimum atomic E-state index is -4.44. The number of nitrogens with zero attached hydrogens (tertiary/aromatic N) is 2. The Morgan fingerprint density at radius 2 is 2.10 bits per heavy atom. The van der Waals surface area contributed by atoms with Crippen LogP contribution in [0.2, 0.25) is 0 Å². The Morgan fingerprint density at radius 1 is 1.35 bits per heavy atom. The molecule has 0 aliphatic carbocycles. The maximum atomic E-state index is 12.6. The number of alkyl halides is 3. The lowest BCUT2D eigenvalue weighted by molar-refractivity contribution is -0.137. The third-order valence-corrected chi connectivity index (χ3v) is 2.49.